The van der Waals surface area contributed by atoms with E-state index in [4.69, 9.17) is 11.6 Å². The van der Waals surface area contributed by atoms with Crippen molar-refractivity contribution in [3.8, 4) is 0 Å². The van der Waals surface area contributed by atoms with Crippen LogP contribution in [0.2, 0.25) is 5.02 Å². The van der Waals surface area contributed by atoms with Crippen LogP contribution in [0.3, 0.4) is 0 Å². The van der Waals surface area contributed by atoms with Gasteiger partial charge in [-0.1, -0.05) is 77.1 Å². The van der Waals surface area contributed by atoms with Gasteiger partial charge < -0.3 is 14.8 Å². The SMILES string of the molecule is CCC(C)CCCC(C)C(C)C[N+](C)(C)Cc1ccc(NC(=O)c2cc3cc(Cl)ccc3[nH]2)cc1. The molecule has 3 aromatic rings. The first-order chi connectivity index (χ1) is 16.6. The third-order valence-electron chi connectivity index (χ3n) is 7.46. The second kappa shape index (κ2) is 12.1. The third kappa shape index (κ3) is 8.12. The zero-order valence-corrected chi connectivity index (χ0v) is 23.1. The second-order valence-corrected chi connectivity index (χ2v) is 11.7. The predicted molar refractivity (Wildman–Crippen MR) is 150 cm³/mol. The molecule has 2 N–H and O–H groups in total. The zero-order valence-electron chi connectivity index (χ0n) is 22.3. The molecule has 1 heterocycles. The Labute approximate surface area is 216 Å². The smallest absolute Gasteiger partial charge is 0.272 e. The van der Waals surface area contributed by atoms with Crippen LogP contribution in [0.4, 0.5) is 5.69 Å². The molecule has 35 heavy (non-hydrogen) atoms. The standard InChI is InChI=1S/C30H42ClN3O/c1-7-21(2)9-8-10-22(3)23(4)19-34(5,6)20-24-11-14-27(15-12-24)32-30(35)29-18-25-17-26(31)13-16-28(25)33-29/h11-18,21-23H,7-10,19-20H2,1-6H3,(H-,32,33,35)/p+1. The zero-order chi connectivity index (χ0) is 25.6. The highest BCUT2D eigenvalue weighted by molar-refractivity contribution is 6.31. The van der Waals surface area contributed by atoms with Crippen LogP contribution in [0.15, 0.2) is 48.5 Å². The summed E-state index contributed by atoms with van der Waals surface area (Å²) in [4.78, 5) is 15.9. The van der Waals surface area contributed by atoms with Crippen LogP contribution in [0.1, 0.15) is 69.4 Å². The van der Waals surface area contributed by atoms with Crippen LogP contribution in [0.5, 0.6) is 0 Å². The maximum Gasteiger partial charge on any atom is 0.272 e. The molecule has 0 saturated carbocycles. The molecular weight excluding hydrogens is 454 g/mol. The van der Waals surface area contributed by atoms with E-state index in [9.17, 15) is 4.79 Å². The Morgan fingerprint density at radius 3 is 2.40 bits per heavy atom. The van der Waals surface area contributed by atoms with Crippen molar-refractivity contribution in [2.45, 2.75) is 59.9 Å². The number of aromatic amines is 1. The first-order valence-corrected chi connectivity index (χ1v) is 13.4. The van der Waals surface area contributed by atoms with E-state index in [0.717, 1.165) is 46.0 Å². The van der Waals surface area contributed by atoms with Crippen LogP contribution in [-0.2, 0) is 6.54 Å². The summed E-state index contributed by atoms with van der Waals surface area (Å²) < 4.78 is 0.959. The Morgan fingerprint density at radius 1 is 1.00 bits per heavy atom. The fourth-order valence-electron chi connectivity index (χ4n) is 4.91. The van der Waals surface area contributed by atoms with Crippen molar-refractivity contribution in [1.29, 1.82) is 0 Å². The van der Waals surface area contributed by atoms with Crippen LogP contribution in [0, 0.1) is 17.8 Å². The minimum absolute atomic E-state index is 0.155. The van der Waals surface area contributed by atoms with Gasteiger partial charge in [-0.05, 0) is 48.2 Å². The molecule has 0 aliphatic carbocycles. The van der Waals surface area contributed by atoms with Crippen molar-refractivity contribution in [1.82, 2.24) is 4.98 Å². The first-order valence-electron chi connectivity index (χ1n) is 13.1. The molecule has 3 unspecified atom stereocenters. The first kappa shape index (κ1) is 27.3. The van der Waals surface area contributed by atoms with E-state index < -0.39 is 0 Å². The van der Waals surface area contributed by atoms with E-state index in [0.29, 0.717) is 16.6 Å². The highest BCUT2D eigenvalue weighted by Crippen LogP contribution is 2.25. The molecule has 0 saturated heterocycles. The number of hydrogen-bond donors (Lipinski definition) is 2. The molecule has 0 spiro atoms. The van der Waals surface area contributed by atoms with Gasteiger partial charge in [0.15, 0.2) is 0 Å². The van der Waals surface area contributed by atoms with E-state index >= 15 is 0 Å². The lowest BCUT2D eigenvalue weighted by Gasteiger charge is -2.34. The van der Waals surface area contributed by atoms with Gasteiger partial charge in [0.1, 0.15) is 12.2 Å². The number of anilines is 1. The average molecular weight is 497 g/mol. The molecular formula is C30H43ClN3O+. The summed E-state index contributed by atoms with van der Waals surface area (Å²) in [5, 5.41) is 4.58. The molecule has 1 aromatic heterocycles. The lowest BCUT2D eigenvalue weighted by atomic mass is 9.88. The number of nitrogens with zero attached hydrogens (tertiary/aromatic N) is 1. The maximum atomic E-state index is 12.7. The molecule has 0 bridgehead atoms. The minimum Gasteiger partial charge on any atom is -0.351 e. The molecule has 3 atom stereocenters. The number of H-pyrrole nitrogens is 1. The van der Waals surface area contributed by atoms with E-state index in [-0.39, 0.29) is 5.91 Å². The predicted octanol–water partition coefficient (Wildman–Crippen LogP) is 8.14. The molecule has 3 rings (SSSR count). The number of quaternary nitrogens is 1. The van der Waals surface area contributed by atoms with Crippen molar-refractivity contribution < 1.29 is 9.28 Å². The van der Waals surface area contributed by atoms with Gasteiger partial charge in [-0.2, -0.15) is 0 Å². The van der Waals surface area contributed by atoms with Crippen molar-refractivity contribution in [2.24, 2.45) is 17.8 Å². The molecule has 2 aromatic carbocycles. The number of amides is 1. The van der Waals surface area contributed by atoms with E-state index in [1.807, 2.05) is 36.4 Å². The van der Waals surface area contributed by atoms with Gasteiger partial charge in [0.05, 0.1) is 20.6 Å². The number of fused-ring (bicyclic) bond motifs is 1. The third-order valence-corrected chi connectivity index (χ3v) is 7.69. The topological polar surface area (TPSA) is 44.9 Å². The monoisotopic (exact) mass is 496 g/mol. The molecule has 0 aliphatic heterocycles. The Kier molecular flexibility index (Phi) is 9.43. The number of rotatable bonds is 12. The van der Waals surface area contributed by atoms with Crippen molar-refractivity contribution in [3.05, 3.63) is 64.8 Å². The van der Waals surface area contributed by atoms with Gasteiger partial charge in [0, 0.05) is 33.1 Å². The fourth-order valence-corrected chi connectivity index (χ4v) is 5.09. The maximum absolute atomic E-state index is 12.7. The van der Waals surface area contributed by atoms with E-state index in [2.05, 4.69) is 64.2 Å². The summed E-state index contributed by atoms with van der Waals surface area (Å²) >= 11 is 6.06. The van der Waals surface area contributed by atoms with Gasteiger partial charge in [0.25, 0.3) is 5.91 Å². The number of aromatic nitrogens is 1. The minimum atomic E-state index is -0.155. The second-order valence-electron chi connectivity index (χ2n) is 11.2. The lowest BCUT2D eigenvalue weighted by molar-refractivity contribution is -0.907. The number of nitrogens with one attached hydrogen (secondary N) is 2. The summed E-state index contributed by atoms with van der Waals surface area (Å²) in [7, 11) is 4.64. The van der Waals surface area contributed by atoms with Gasteiger partial charge in [-0.25, -0.2) is 0 Å². The number of hydrogen-bond acceptors (Lipinski definition) is 1. The number of carbonyl (C=O) groups excluding carboxylic acids is 1. The Bertz CT molecular complexity index is 1100. The van der Waals surface area contributed by atoms with Crippen molar-refractivity contribution >= 4 is 34.1 Å². The number of benzene rings is 2. The largest absolute Gasteiger partial charge is 0.351 e. The Hall–Kier alpha value is -2.30. The van der Waals surface area contributed by atoms with E-state index in [1.165, 1.54) is 31.2 Å². The normalized spacial score (nSPS) is 14.6. The molecule has 0 aliphatic rings. The number of carbonyl (C=O) groups is 1. The average Bonchev–Trinajstić information content (AvgIpc) is 3.23. The van der Waals surface area contributed by atoms with Crippen LogP contribution >= 0.6 is 11.6 Å². The highest BCUT2D eigenvalue weighted by Gasteiger charge is 2.23. The molecule has 4 nitrogen and oxygen atoms in total. The Morgan fingerprint density at radius 2 is 1.71 bits per heavy atom. The molecule has 0 radical (unpaired) electrons. The summed E-state index contributed by atoms with van der Waals surface area (Å²) in [6.45, 7) is 11.6. The van der Waals surface area contributed by atoms with Crippen LogP contribution < -0.4 is 5.32 Å². The van der Waals surface area contributed by atoms with Gasteiger partial charge >= 0.3 is 0 Å². The quantitative estimate of drug-likeness (QED) is 0.244. The summed E-state index contributed by atoms with van der Waals surface area (Å²) in [6, 6.07) is 15.6. The Balaban J connectivity index is 1.52. The van der Waals surface area contributed by atoms with Crippen LogP contribution in [-0.4, -0.2) is 36.0 Å². The van der Waals surface area contributed by atoms with Crippen molar-refractivity contribution in [3.63, 3.8) is 0 Å². The van der Waals surface area contributed by atoms with Gasteiger partial charge in [0.2, 0.25) is 0 Å². The van der Waals surface area contributed by atoms with Crippen molar-refractivity contribution in [2.75, 3.05) is 26.0 Å². The van der Waals surface area contributed by atoms with Gasteiger partial charge in [-0.15, -0.1) is 0 Å². The molecule has 190 valence electrons. The lowest BCUT2D eigenvalue weighted by Crippen LogP contribution is -2.43. The summed E-state index contributed by atoms with van der Waals surface area (Å²) in [5.74, 6) is 2.12. The molecule has 1 amide bonds. The molecule has 5 heteroatoms. The highest BCUT2D eigenvalue weighted by atomic mass is 35.5. The van der Waals surface area contributed by atoms with Crippen LogP contribution in [0.25, 0.3) is 10.9 Å². The fraction of sp³-hybridized carbons (Fsp3) is 0.500. The summed E-state index contributed by atoms with van der Waals surface area (Å²) in [6.07, 6.45) is 5.30. The summed E-state index contributed by atoms with van der Waals surface area (Å²) in [5.41, 5.74) is 3.50. The molecule has 0 fully saturated rings. The van der Waals surface area contributed by atoms with E-state index in [1.54, 1.807) is 0 Å². The van der Waals surface area contributed by atoms with Gasteiger partial charge in [-0.3, -0.25) is 4.79 Å². The number of halogens is 1.